The quantitative estimate of drug-likeness (QED) is 0.529. The van der Waals surface area contributed by atoms with Gasteiger partial charge in [0.15, 0.2) is 0 Å². The molecule has 31 heavy (non-hydrogen) atoms. The van der Waals surface area contributed by atoms with Crippen molar-refractivity contribution in [2.24, 2.45) is 7.05 Å². The number of anilines is 1. The highest BCUT2D eigenvalue weighted by Gasteiger charge is 2.24. The Morgan fingerprint density at radius 1 is 0.903 bits per heavy atom. The summed E-state index contributed by atoms with van der Waals surface area (Å²) in [5, 5.41) is 7.33. The van der Waals surface area contributed by atoms with Gasteiger partial charge in [0, 0.05) is 29.9 Å². The number of rotatable bonds is 5. The zero-order chi connectivity index (χ0) is 21.8. The monoisotopic (exact) mass is 411 g/mol. The van der Waals surface area contributed by atoms with E-state index in [-0.39, 0.29) is 5.56 Å². The smallest absolute Gasteiger partial charge is 0.280 e. The van der Waals surface area contributed by atoms with E-state index >= 15 is 0 Å². The van der Waals surface area contributed by atoms with Crippen molar-refractivity contribution < 1.29 is 9.53 Å². The maximum absolute atomic E-state index is 13.4. The van der Waals surface area contributed by atoms with Crippen molar-refractivity contribution >= 4 is 11.6 Å². The predicted octanol–water partition coefficient (Wildman–Crippen LogP) is 4.38. The zero-order valence-corrected chi connectivity index (χ0v) is 17.2. The Morgan fingerprint density at radius 3 is 2.19 bits per heavy atom. The summed E-state index contributed by atoms with van der Waals surface area (Å²) in [4.78, 5) is 26.5. The van der Waals surface area contributed by atoms with Crippen molar-refractivity contribution in [1.82, 2.24) is 9.78 Å². The summed E-state index contributed by atoms with van der Waals surface area (Å²) in [6.45, 7) is 0. The van der Waals surface area contributed by atoms with Gasteiger partial charge in [0.1, 0.15) is 11.3 Å². The van der Waals surface area contributed by atoms with E-state index in [1.165, 1.54) is 4.68 Å². The number of carbonyl (C=O) groups is 1. The van der Waals surface area contributed by atoms with Crippen LogP contribution in [0.15, 0.2) is 89.7 Å². The molecule has 1 heterocycles. The highest BCUT2D eigenvalue weighted by Crippen LogP contribution is 2.32. The first-order valence-corrected chi connectivity index (χ1v) is 9.76. The van der Waals surface area contributed by atoms with Crippen LogP contribution in [-0.2, 0) is 7.05 Å². The standard InChI is InChI=1S/C25H21N3O3/c1-28-25(30)22(24(29)26-19-14-9-15-20(16-19)31-2)21(17-10-5-3-6-11-17)23(27-28)18-12-7-4-8-13-18/h3-16H,1-2H3,(H,26,29). The Balaban J connectivity index is 1.93. The highest BCUT2D eigenvalue weighted by atomic mass is 16.5. The number of ether oxygens (including phenoxy) is 1. The largest absolute Gasteiger partial charge is 0.497 e. The van der Waals surface area contributed by atoms with E-state index in [0.29, 0.717) is 22.7 Å². The van der Waals surface area contributed by atoms with Gasteiger partial charge in [-0.15, -0.1) is 0 Å². The first kappa shape index (κ1) is 20.1. The molecule has 0 atom stereocenters. The number of aromatic nitrogens is 2. The van der Waals surface area contributed by atoms with Gasteiger partial charge < -0.3 is 10.1 Å². The van der Waals surface area contributed by atoms with Crippen LogP contribution in [0, 0.1) is 0 Å². The molecule has 0 radical (unpaired) electrons. The third-order valence-electron chi connectivity index (χ3n) is 4.91. The molecule has 0 fully saturated rings. The number of amides is 1. The Hall–Kier alpha value is -4.19. The molecule has 6 heteroatoms. The molecule has 154 valence electrons. The molecule has 0 spiro atoms. The predicted molar refractivity (Wildman–Crippen MR) is 121 cm³/mol. The summed E-state index contributed by atoms with van der Waals surface area (Å²) in [5.74, 6) is 0.0981. The molecule has 6 nitrogen and oxygen atoms in total. The van der Waals surface area contributed by atoms with Gasteiger partial charge in [0.25, 0.3) is 11.5 Å². The molecule has 4 aromatic rings. The molecule has 0 aliphatic rings. The van der Waals surface area contributed by atoms with Crippen molar-refractivity contribution in [3.63, 3.8) is 0 Å². The van der Waals surface area contributed by atoms with E-state index in [1.807, 2.05) is 60.7 Å². The Morgan fingerprint density at radius 2 is 1.55 bits per heavy atom. The van der Waals surface area contributed by atoms with Crippen molar-refractivity contribution in [2.75, 3.05) is 12.4 Å². The number of methoxy groups -OCH3 is 1. The number of aryl methyl sites for hydroxylation is 1. The van der Waals surface area contributed by atoms with Crippen molar-refractivity contribution in [1.29, 1.82) is 0 Å². The second-order valence-electron chi connectivity index (χ2n) is 6.95. The van der Waals surface area contributed by atoms with E-state index in [0.717, 1.165) is 11.1 Å². The third-order valence-corrected chi connectivity index (χ3v) is 4.91. The zero-order valence-electron chi connectivity index (χ0n) is 17.2. The molecule has 0 saturated carbocycles. The Bertz CT molecular complexity index is 1280. The topological polar surface area (TPSA) is 73.2 Å². The molecule has 0 aliphatic heterocycles. The second-order valence-corrected chi connectivity index (χ2v) is 6.95. The summed E-state index contributed by atoms with van der Waals surface area (Å²) < 4.78 is 6.43. The fourth-order valence-corrected chi connectivity index (χ4v) is 3.42. The van der Waals surface area contributed by atoms with E-state index in [1.54, 1.807) is 38.4 Å². The van der Waals surface area contributed by atoms with E-state index in [2.05, 4.69) is 10.4 Å². The van der Waals surface area contributed by atoms with Crippen molar-refractivity contribution in [3.8, 4) is 28.1 Å². The van der Waals surface area contributed by atoms with Gasteiger partial charge in [-0.2, -0.15) is 5.10 Å². The fraction of sp³-hybridized carbons (Fsp3) is 0.0800. The van der Waals surface area contributed by atoms with Gasteiger partial charge in [-0.1, -0.05) is 66.7 Å². The summed E-state index contributed by atoms with van der Waals surface area (Å²) in [6, 6.07) is 25.9. The molecule has 1 N–H and O–H groups in total. The van der Waals surface area contributed by atoms with Crippen LogP contribution in [0.3, 0.4) is 0 Å². The van der Waals surface area contributed by atoms with Crippen LogP contribution in [0.4, 0.5) is 5.69 Å². The maximum atomic E-state index is 13.4. The Labute approximate surface area is 179 Å². The fourth-order valence-electron chi connectivity index (χ4n) is 3.42. The van der Waals surface area contributed by atoms with Crippen LogP contribution in [0.1, 0.15) is 10.4 Å². The van der Waals surface area contributed by atoms with Crippen LogP contribution >= 0.6 is 0 Å². The minimum atomic E-state index is -0.507. The van der Waals surface area contributed by atoms with Gasteiger partial charge in [-0.3, -0.25) is 9.59 Å². The van der Waals surface area contributed by atoms with E-state index in [9.17, 15) is 9.59 Å². The average Bonchev–Trinajstić information content (AvgIpc) is 2.81. The molecule has 0 saturated heterocycles. The molecule has 1 aromatic heterocycles. The second kappa shape index (κ2) is 8.67. The van der Waals surface area contributed by atoms with Gasteiger partial charge >= 0.3 is 0 Å². The third kappa shape index (κ3) is 4.09. The molecule has 0 bridgehead atoms. The Kier molecular flexibility index (Phi) is 5.62. The maximum Gasteiger partial charge on any atom is 0.280 e. The first-order chi connectivity index (χ1) is 15.1. The van der Waals surface area contributed by atoms with E-state index in [4.69, 9.17) is 4.74 Å². The minimum Gasteiger partial charge on any atom is -0.497 e. The lowest BCUT2D eigenvalue weighted by molar-refractivity contribution is 0.102. The lowest BCUT2D eigenvalue weighted by atomic mass is 9.95. The average molecular weight is 411 g/mol. The van der Waals surface area contributed by atoms with Gasteiger partial charge in [0.2, 0.25) is 0 Å². The lowest BCUT2D eigenvalue weighted by Crippen LogP contribution is -2.31. The SMILES string of the molecule is COc1cccc(NC(=O)c2c(-c3ccccc3)c(-c3ccccc3)nn(C)c2=O)c1. The summed E-state index contributed by atoms with van der Waals surface area (Å²) >= 11 is 0. The summed E-state index contributed by atoms with van der Waals surface area (Å²) in [7, 11) is 3.10. The molecule has 4 rings (SSSR count). The molecule has 0 unspecified atom stereocenters. The van der Waals surface area contributed by atoms with Crippen LogP contribution in [0.2, 0.25) is 0 Å². The van der Waals surface area contributed by atoms with Gasteiger partial charge in [-0.05, 0) is 17.7 Å². The highest BCUT2D eigenvalue weighted by molar-refractivity contribution is 6.10. The number of nitrogens with one attached hydrogen (secondary N) is 1. The van der Waals surface area contributed by atoms with Crippen LogP contribution in [-0.4, -0.2) is 22.8 Å². The molecular weight excluding hydrogens is 390 g/mol. The minimum absolute atomic E-state index is 0.0328. The molecule has 0 aliphatic carbocycles. The van der Waals surface area contributed by atoms with Gasteiger partial charge in [0.05, 0.1) is 12.8 Å². The van der Waals surface area contributed by atoms with Crippen LogP contribution in [0.25, 0.3) is 22.4 Å². The number of carbonyl (C=O) groups excluding carboxylic acids is 1. The summed E-state index contributed by atoms with van der Waals surface area (Å²) in [5.41, 5.74) is 2.70. The van der Waals surface area contributed by atoms with Gasteiger partial charge in [-0.25, -0.2) is 4.68 Å². The molecule has 3 aromatic carbocycles. The van der Waals surface area contributed by atoms with Crippen LogP contribution in [0.5, 0.6) is 5.75 Å². The number of hydrogen-bond donors (Lipinski definition) is 1. The molecule has 1 amide bonds. The molecular formula is C25H21N3O3. The van der Waals surface area contributed by atoms with E-state index < -0.39 is 11.5 Å². The van der Waals surface area contributed by atoms with Crippen molar-refractivity contribution in [3.05, 3.63) is 101 Å². The number of benzene rings is 3. The number of nitrogens with zero attached hydrogens (tertiary/aromatic N) is 2. The normalized spacial score (nSPS) is 10.5. The summed E-state index contributed by atoms with van der Waals surface area (Å²) in [6.07, 6.45) is 0. The van der Waals surface area contributed by atoms with Crippen molar-refractivity contribution in [2.45, 2.75) is 0 Å². The first-order valence-electron chi connectivity index (χ1n) is 9.76. The number of hydrogen-bond acceptors (Lipinski definition) is 4. The lowest BCUT2D eigenvalue weighted by Gasteiger charge is -2.16. The van der Waals surface area contributed by atoms with Crippen LogP contribution < -0.4 is 15.6 Å².